The Balaban J connectivity index is 2.15. The van der Waals surface area contributed by atoms with Crippen LogP contribution in [0.4, 0.5) is 5.82 Å². The molecule has 1 aliphatic rings. The Morgan fingerprint density at radius 1 is 1.16 bits per heavy atom. The molecule has 0 aliphatic heterocycles. The molecule has 3 nitrogen and oxygen atoms in total. The molecule has 1 aliphatic carbocycles. The molecular weight excluding hydrogens is 258 g/mol. The zero-order chi connectivity index (χ0) is 14.0. The maximum absolute atomic E-state index is 6.21. The van der Waals surface area contributed by atoms with Gasteiger partial charge >= 0.3 is 0 Å². The quantitative estimate of drug-likeness (QED) is 0.826. The van der Waals surface area contributed by atoms with Gasteiger partial charge in [0.05, 0.1) is 0 Å². The third kappa shape index (κ3) is 3.59. The SMILES string of the molecule is Cc1c(Cl)nc(C(C)C)nc1NC1CCC(C)CC1. The highest BCUT2D eigenvalue weighted by Crippen LogP contribution is 2.28. The third-order valence-electron chi connectivity index (χ3n) is 3.98. The summed E-state index contributed by atoms with van der Waals surface area (Å²) in [6.45, 7) is 8.50. The number of hydrogen-bond donors (Lipinski definition) is 1. The number of nitrogens with one attached hydrogen (secondary N) is 1. The Morgan fingerprint density at radius 3 is 2.37 bits per heavy atom. The number of nitrogens with zero attached hydrogens (tertiary/aromatic N) is 2. The fourth-order valence-corrected chi connectivity index (χ4v) is 2.68. The maximum atomic E-state index is 6.21. The molecule has 0 radical (unpaired) electrons. The first-order valence-corrected chi connectivity index (χ1v) is 7.65. The van der Waals surface area contributed by atoms with E-state index in [0.717, 1.165) is 23.1 Å². The number of aromatic nitrogens is 2. The summed E-state index contributed by atoms with van der Waals surface area (Å²) >= 11 is 6.21. The second-order valence-corrected chi connectivity index (χ2v) is 6.46. The number of rotatable bonds is 3. The van der Waals surface area contributed by atoms with Gasteiger partial charge in [-0.1, -0.05) is 32.4 Å². The predicted octanol–water partition coefficient (Wildman–Crippen LogP) is 4.55. The van der Waals surface area contributed by atoms with Crippen molar-refractivity contribution in [3.63, 3.8) is 0 Å². The molecule has 4 heteroatoms. The van der Waals surface area contributed by atoms with E-state index in [1.54, 1.807) is 0 Å². The van der Waals surface area contributed by atoms with Crippen LogP contribution in [0.2, 0.25) is 5.15 Å². The van der Waals surface area contributed by atoms with Gasteiger partial charge in [0.25, 0.3) is 0 Å². The van der Waals surface area contributed by atoms with E-state index >= 15 is 0 Å². The van der Waals surface area contributed by atoms with Gasteiger partial charge < -0.3 is 5.32 Å². The van der Waals surface area contributed by atoms with Crippen molar-refractivity contribution in [2.75, 3.05) is 5.32 Å². The van der Waals surface area contributed by atoms with Gasteiger partial charge in [-0.15, -0.1) is 0 Å². The summed E-state index contributed by atoms with van der Waals surface area (Å²) < 4.78 is 0. The summed E-state index contributed by atoms with van der Waals surface area (Å²) in [4.78, 5) is 8.99. The van der Waals surface area contributed by atoms with Gasteiger partial charge in [-0.25, -0.2) is 9.97 Å². The van der Waals surface area contributed by atoms with Gasteiger partial charge in [0, 0.05) is 17.5 Å². The molecule has 19 heavy (non-hydrogen) atoms. The molecule has 0 atom stereocenters. The van der Waals surface area contributed by atoms with E-state index in [1.807, 2.05) is 6.92 Å². The van der Waals surface area contributed by atoms with Crippen LogP contribution in [0.3, 0.4) is 0 Å². The molecular formula is C15H24ClN3. The van der Waals surface area contributed by atoms with Crippen LogP contribution in [0.5, 0.6) is 0 Å². The van der Waals surface area contributed by atoms with Crippen LogP contribution in [0, 0.1) is 12.8 Å². The predicted molar refractivity (Wildman–Crippen MR) is 80.9 cm³/mol. The summed E-state index contributed by atoms with van der Waals surface area (Å²) in [5, 5.41) is 4.14. The fourth-order valence-electron chi connectivity index (χ4n) is 2.50. The molecule has 0 spiro atoms. The molecule has 1 saturated carbocycles. The van der Waals surface area contributed by atoms with E-state index in [1.165, 1.54) is 25.7 Å². The highest BCUT2D eigenvalue weighted by atomic mass is 35.5. The van der Waals surface area contributed by atoms with Crippen LogP contribution < -0.4 is 5.32 Å². The van der Waals surface area contributed by atoms with Crippen LogP contribution in [-0.4, -0.2) is 16.0 Å². The molecule has 0 bridgehead atoms. The van der Waals surface area contributed by atoms with Crippen molar-refractivity contribution in [2.24, 2.45) is 5.92 Å². The smallest absolute Gasteiger partial charge is 0.137 e. The normalized spacial score (nSPS) is 23.7. The minimum absolute atomic E-state index is 0.296. The third-order valence-corrected chi connectivity index (χ3v) is 4.34. The summed E-state index contributed by atoms with van der Waals surface area (Å²) in [5.41, 5.74) is 0.963. The van der Waals surface area contributed by atoms with E-state index in [4.69, 9.17) is 11.6 Å². The molecule has 1 aromatic heterocycles. The summed E-state index contributed by atoms with van der Waals surface area (Å²) in [6.07, 6.45) is 5.04. The maximum Gasteiger partial charge on any atom is 0.137 e. The second kappa shape index (κ2) is 6.08. The van der Waals surface area contributed by atoms with E-state index < -0.39 is 0 Å². The molecule has 0 amide bonds. The molecule has 0 aromatic carbocycles. The van der Waals surface area contributed by atoms with Crippen LogP contribution in [-0.2, 0) is 0 Å². The van der Waals surface area contributed by atoms with Gasteiger partial charge in [0.2, 0.25) is 0 Å². The van der Waals surface area contributed by atoms with Crippen molar-refractivity contribution in [1.29, 1.82) is 0 Å². The van der Waals surface area contributed by atoms with Crippen molar-refractivity contribution < 1.29 is 0 Å². The lowest BCUT2D eigenvalue weighted by molar-refractivity contribution is 0.360. The van der Waals surface area contributed by atoms with E-state index in [0.29, 0.717) is 17.1 Å². The zero-order valence-corrected chi connectivity index (χ0v) is 13.1. The van der Waals surface area contributed by atoms with Crippen LogP contribution in [0.1, 0.15) is 63.8 Å². The van der Waals surface area contributed by atoms with Crippen molar-refractivity contribution in [1.82, 2.24) is 9.97 Å². The van der Waals surface area contributed by atoms with E-state index in [9.17, 15) is 0 Å². The average molecular weight is 282 g/mol. The van der Waals surface area contributed by atoms with Crippen LogP contribution >= 0.6 is 11.6 Å². The zero-order valence-electron chi connectivity index (χ0n) is 12.3. The minimum Gasteiger partial charge on any atom is -0.367 e. The lowest BCUT2D eigenvalue weighted by Crippen LogP contribution is -2.26. The first kappa shape index (κ1) is 14.6. The van der Waals surface area contributed by atoms with Crippen LogP contribution in [0.25, 0.3) is 0 Å². The highest BCUT2D eigenvalue weighted by Gasteiger charge is 2.20. The van der Waals surface area contributed by atoms with Crippen molar-refractivity contribution in [3.05, 3.63) is 16.5 Å². The Morgan fingerprint density at radius 2 is 1.79 bits per heavy atom. The van der Waals surface area contributed by atoms with Gasteiger partial charge in [0.1, 0.15) is 16.8 Å². The van der Waals surface area contributed by atoms with Crippen LogP contribution in [0.15, 0.2) is 0 Å². The lowest BCUT2D eigenvalue weighted by atomic mass is 9.87. The molecule has 1 fully saturated rings. The molecule has 1 heterocycles. The summed E-state index contributed by atoms with van der Waals surface area (Å²) in [7, 11) is 0. The topological polar surface area (TPSA) is 37.8 Å². The van der Waals surface area contributed by atoms with Crippen molar-refractivity contribution in [3.8, 4) is 0 Å². The Bertz CT molecular complexity index is 437. The van der Waals surface area contributed by atoms with Crippen molar-refractivity contribution >= 4 is 17.4 Å². The van der Waals surface area contributed by atoms with Gasteiger partial charge in [0.15, 0.2) is 0 Å². The Hall–Kier alpha value is -0.830. The molecule has 106 valence electrons. The standard InChI is InChI=1S/C15H24ClN3/c1-9(2)14-18-13(16)11(4)15(19-14)17-12-7-5-10(3)6-8-12/h9-10,12H,5-8H2,1-4H3,(H,17,18,19). The van der Waals surface area contributed by atoms with Gasteiger partial charge in [-0.05, 0) is 38.5 Å². The fraction of sp³-hybridized carbons (Fsp3) is 0.733. The first-order chi connectivity index (χ1) is 8.97. The molecule has 0 unspecified atom stereocenters. The minimum atomic E-state index is 0.296. The van der Waals surface area contributed by atoms with Gasteiger partial charge in [-0.2, -0.15) is 0 Å². The highest BCUT2D eigenvalue weighted by molar-refractivity contribution is 6.30. The average Bonchev–Trinajstić information content (AvgIpc) is 2.37. The number of anilines is 1. The first-order valence-electron chi connectivity index (χ1n) is 7.28. The molecule has 0 saturated heterocycles. The van der Waals surface area contributed by atoms with Gasteiger partial charge in [-0.3, -0.25) is 0 Å². The monoisotopic (exact) mass is 281 g/mol. The van der Waals surface area contributed by atoms with E-state index in [-0.39, 0.29) is 0 Å². The summed E-state index contributed by atoms with van der Waals surface area (Å²) in [5.74, 6) is 2.90. The summed E-state index contributed by atoms with van der Waals surface area (Å²) in [6, 6.07) is 0.529. The second-order valence-electron chi connectivity index (χ2n) is 6.10. The lowest BCUT2D eigenvalue weighted by Gasteiger charge is -2.28. The molecule has 1 aromatic rings. The van der Waals surface area contributed by atoms with Crippen molar-refractivity contribution in [2.45, 2.75) is 65.3 Å². The molecule has 2 rings (SSSR count). The largest absolute Gasteiger partial charge is 0.367 e. The number of hydrogen-bond acceptors (Lipinski definition) is 3. The van der Waals surface area contributed by atoms with E-state index in [2.05, 4.69) is 36.1 Å². The molecule has 1 N–H and O–H groups in total. The Labute approximate surface area is 121 Å². The number of halogens is 1. The Kier molecular flexibility index (Phi) is 4.67.